The van der Waals surface area contributed by atoms with Crippen LogP contribution in [0.15, 0.2) is 48.0 Å². The van der Waals surface area contributed by atoms with Gasteiger partial charge in [0.05, 0.1) is 25.9 Å². The summed E-state index contributed by atoms with van der Waals surface area (Å²) in [5.41, 5.74) is 17.0. The Morgan fingerprint density at radius 1 is 0.932 bits per heavy atom. The highest BCUT2D eigenvalue weighted by atomic mass is 32.7. The quantitative estimate of drug-likeness (QED) is 0.0710. The Morgan fingerprint density at radius 3 is 2.27 bits per heavy atom. The molecule has 0 amide bonds. The Labute approximate surface area is 336 Å². The summed E-state index contributed by atoms with van der Waals surface area (Å²) >= 11 is 0.675. The molecule has 0 saturated carbocycles. The molecule has 3 fully saturated rings. The van der Waals surface area contributed by atoms with Gasteiger partial charge in [-0.05, 0) is 42.0 Å². The Bertz CT molecular complexity index is 2520. The lowest BCUT2D eigenvalue weighted by Crippen LogP contribution is -2.37. The van der Waals surface area contributed by atoms with Gasteiger partial charge in [-0.2, -0.15) is 4.98 Å². The van der Waals surface area contributed by atoms with Crippen LogP contribution in [0.1, 0.15) is 30.9 Å². The topological polar surface area (TPSA) is 301 Å². The predicted molar refractivity (Wildman–Crippen MR) is 207 cm³/mol. The third-order valence-corrected chi connectivity index (χ3v) is 14.4. The maximum Gasteiger partial charge on any atom is 0.389 e. The third kappa shape index (κ3) is 8.51. The van der Waals surface area contributed by atoms with Crippen LogP contribution < -0.4 is 27.5 Å². The van der Waals surface area contributed by atoms with E-state index in [9.17, 15) is 18.7 Å². The van der Waals surface area contributed by atoms with Gasteiger partial charge in [0.2, 0.25) is 5.95 Å². The maximum absolute atomic E-state index is 16.7. The number of halogens is 2. The van der Waals surface area contributed by atoms with Crippen molar-refractivity contribution in [2.45, 2.75) is 67.8 Å². The minimum absolute atomic E-state index is 0.0286. The number of rotatable bonds is 9. The average molecular weight is 882 g/mol. The first-order valence-corrected chi connectivity index (χ1v) is 23.1. The number of anilines is 2. The molecule has 59 heavy (non-hydrogen) atoms. The molecule has 4 aromatic heterocycles. The van der Waals surface area contributed by atoms with E-state index in [1.165, 1.54) is 23.0 Å². The zero-order chi connectivity index (χ0) is 41.6. The van der Waals surface area contributed by atoms with Crippen molar-refractivity contribution >= 4 is 73.3 Å². The van der Waals surface area contributed by atoms with Crippen molar-refractivity contribution < 1.29 is 55.0 Å². The molecule has 3 aliphatic rings. The fourth-order valence-electron chi connectivity index (χ4n) is 6.65. The van der Waals surface area contributed by atoms with Crippen molar-refractivity contribution in [2.75, 3.05) is 31.2 Å². The maximum atomic E-state index is 16.7. The van der Waals surface area contributed by atoms with Crippen molar-refractivity contribution in [3.8, 4) is 5.75 Å². The number of carbonyl (C=O) groups excluding carboxylic acids is 1. The summed E-state index contributed by atoms with van der Waals surface area (Å²) in [6.07, 6.45) is -9.40. The van der Waals surface area contributed by atoms with Crippen LogP contribution in [-0.2, 0) is 47.2 Å². The van der Waals surface area contributed by atoms with Gasteiger partial charge in [0, 0.05) is 12.2 Å². The summed E-state index contributed by atoms with van der Waals surface area (Å²) in [6.45, 7) is -5.54. The molecule has 314 valence electrons. The minimum atomic E-state index is -4.52. The van der Waals surface area contributed by atoms with E-state index in [0.29, 0.717) is 29.9 Å². The largest absolute Gasteiger partial charge is 0.427 e. The van der Waals surface area contributed by atoms with Crippen molar-refractivity contribution in [1.82, 2.24) is 39.0 Å². The number of aromatic amines is 1. The Morgan fingerprint density at radius 2 is 1.58 bits per heavy atom. The number of nitrogen functional groups attached to an aromatic ring is 2. The molecule has 0 spiro atoms. The molecule has 7 N–H and O–H groups in total. The summed E-state index contributed by atoms with van der Waals surface area (Å²) in [5, 5.41) is 0. The zero-order valence-corrected chi connectivity index (χ0v) is 33.4. The molecule has 1 unspecified atom stereocenters. The SMILES string of the molecule is BP1(=O)OC[C@H]2O[C@@H](n3cnc4c(N)ncnc43)[C@H](F)[C@@H]2O[P@](=O)(SCc2ccc(OC(=O)CCCN)cc2)OC[C@H]2O[C@@H](n3cnc4c(=O)[nH]c(N)nc43)[C@H](F)[C@@H]2O1. The van der Waals surface area contributed by atoms with E-state index in [1.54, 1.807) is 12.1 Å². The van der Waals surface area contributed by atoms with E-state index in [2.05, 4.69) is 29.9 Å². The minimum Gasteiger partial charge on any atom is -0.427 e. The molecule has 10 atom stereocenters. The lowest BCUT2D eigenvalue weighted by atomic mass is 10.1. The number of hydrogen-bond donors (Lipinski definition) is 4. The van der Waals surface area contributed by atoms with Gasteiger partial charge >= 0.3 is 12.8 Å². The van der Waals surface area contributed by atoms with Gasteiger partial charge in [0.25, 0.3) is 20.6 Å². The number of carbonyl (C=O) groups is 1. The zero-order valence-electron chi connectivity index (χ0n) is 30.8. The summed E-state index contributed by atoms with van der Waals surface area (Å²) in [6, 6.07) is 6.31. The van der Waals surface area contributed by atoms with Crippen molar-refractivity contribution in [3.05, 3.63) is 59.2 Å². The molecule has 8 rings (SSSR count). The lowest BCUT2D eigenvalue weighted by Gasteiger charge is -2.30. The summed E-state index contributed by atoms with van der Waals surface area (Å²) in [4.78, 5) is 47.2. The molecule has 3 saturated heterocycles. The number of hydrogen-bond acceptors (Lipinski definition) is 20. The number of esters is 1. The number of H-pyrrole nitrogens is 1. The summed E-state index contributed by atoms with van der Waals surface area (Å²) < 4.78 is 105. The number of imidazole rings is 2. The fraction of sp³-hybridized carbons (Fsp3) is 0.452. The second-order valence-corrected chi connectivity index (χ2v) is 19.6. The number of aromatic nitrogens is 8. The van der Waals surface area contributed by atoms with Gasteiger partial charge in [-0.3, -0.25) is 37.3 Å². The number of fused-ring (bicyclic) bond motifs is 4. The van der Waals surface area contributed by atoms with Gasteiger partial charge in [0.15, 0.2) is 47.4 Å². The Kier molecular flexibility index (Phi) is 11.6. The second-order valence-electron chi connectivity index (χ2n) is 13.6. The van der Waals surface area contributed by atoms with Gasteiger partial charge in [0.1, 0.15) is 42.0 Å². The highest BCUT2D eigenvalue weighted by Gasteiger charge is 2.54. The molecular weight excluding hydrogens is 845 g/mol. The van der Waals surface area contributed by atoms with Crippen LogP contribution in [-0.4, -0.2) is 109 Å². The molecule has 7 heterocycles. The van der Waals surface area contributed by atoms with Crippen LogP contribution in [0.3, 0.4) is 0 Å². The molecule has 22 nitrogen and oxygen atoms in total. The van der Waals surface area contributed by atoms with Crippen LogP contribution in [0.5, 0.6) is 5.75 Å². The molecule has 0 radical (unpaired) electrons. The van der Waals surface area contributed by atoms with Gasteiger partial charge in [-0.1, -0.05) is 12.1 Å². The average Bonchev–Trinajstić information content (AvgIpc) is 3.96. The van der Waals surface area contributed by atoms with Crippen LogP contribution in [0.25, 0.3) is 22.3 Å². The fourth-order valence-corrected chi connectivity index (χ4v) is 11.2. The van der Waals surface area contributed by atoms with Gasteiger partial charge < -0.3 is 40.5 Å². The first-order valence-electron chi connectivity index (χ1n) is 17.9. The Hall–Kier alpha value is -4.36. The molecule has 3 aliphatic heterocycles. The van der Waals surface area contributed by atoms with Crippen molar-refractivity contribution in [2.24, 2.45) is 5.73 Å². The summed E-state index contributed by atoms with van der Waals surface area (Å²) in [5.74, 6) is -0.479. The normalized spacial score (nSPS) is 31.4. The smallest absolute Gasteiger partial charge is 0.389 e. The lowest BCUT2D eigenvalue weighted by molar-refractivity contribution is -0.134. The number of alkyl halides is 2. The second kappa shape index (κ2) is 16.6. The van der Waals surface area contributed by atoms with E-state index >= 15 is 8.78 Å². The van der Waals surface area contributed by atoms with E-state index in [1.807, 2.05) is 0 Å². The monoisotopic (exact) mass is 881 g/mol. The number of nitrogens with two attached hydrogens (primary N) is 3. The molecule has 5 aromatic rings. The van der Waals surface area contributed by atoms with E-state index in [0.717, 1.165) is 24.8 Å². The Balaban J connectivity index is 1.09. The van der Waals surface area contributed by atoms with Crippen LogP contribution >= 0.6 is 25.7 Å². The number of ether oxygens (including phenoxy) is 3. The molecule has 28 heteroatoms. The highest BCUT2D eigenvalue weighted by Crippen LogP contribution is 2.65. The van der Waals surface area contributed by atoms with Crippen molar-refractivity contribution in [3.63, 3.8) is 0 Å². The van der Waals surface area contributed by atoms with Crippen LogP contribution in [0.4, 0.5) is 20.5 Å². The van der Waals surface area contributed by atoms with Gasteiger partial charge in [-0.15, -0.1) is 0 Å². The van der Waals surface area contributed by atoms with E-state index < -0.39 is 88.2 Å². The first kappa shape index (κ1) is 41.4. The highest BCUT2D eigenvalue weighted by molar-refractivity contribution is 8.54. The standard InChI is InChI=1S/C31H36BF2N11O11P2S/c32-57(48)50-8-16-24(20(34)29(53-16)44-12-40-21-25(36)38-11-39-26(21)44)56-58(49,59-10-14-3-5-15(6-4-14)52-18(46)2-1-7-35)51-9-17-23(55-57)19(33)30(54-17)45-13-41-22-27(45)42-31(37)43-28(22)47/h3-6,11-13,16-17,19-20,23-24,29-30H,1-2,7-10,32,35H2,(H2,36,38,39)(H3,37,42,43,47)/t16-,17-,19-,20-,23-,24-,29-,30-,57?,58-/m1/s1. The molecular formula is C31H36BF2N11O11P2S. The molecule has 1 aromatic carbocycles. The number of nitrogens with zero attached hydrogens (tertiary/aromatic N) is 7. The van der Waals surface area contributed by atoms with Crippen LogP contribution in [0, 0.1) is 0 Å². The molecule has 0 aliphatic carbocycles. The van der Waals surface area contributed by atoms with Crippen LogP contribution in [0.2, 0.25) is 0 Å². The van der Waals surface area contributed by atoms with Gasteiger partial charge in [-0.25, -0.2) is 33.3 Å². The predicted octanol–water partition coefficient (Wildman–Crippen LogP) is 1.84. The first-order chi connectivity index (χ1) is 28.2. The van der Waals surface area contributed by atoms with E-state index in [4.69, 9.17) is 49.5 Å². The van der Waals surface area contributed by atoms with Crippen molar-refractivity contribution in [1.29, 1.82) is 0 Å². The molecule has 0 bridgehead atoms. The summed E-state index contributed by atoms with van der Waals surface area (Å²) in [7, 11) is -3.15. The van der Waals surface area contributed by atoms with E-state index in [-0.39, 0.29) is 52.0 Å². The number of nitrogens with one attached hydrogen (secondary N) is 1. The third-order valence-electron chi connectivity index (χ3n) is 9.48. The number of benzene rings is 1.